The quantitative estimate of drug-likeness (QED) is 0.773. The highest BCUT2D eigenvalue weighted by Crippen LogP contribution is 2.13. The van der Waals surface area contributed by atoms with Gasteiger partial charge in [-0.2, -0.15) is 5.26 Å². The van der Waals surface area contributed by atoms with Crippen molar-refractivity contribution in [2.75, 3.05) is 18.5 Å². The van der Waals surface area contributed by atoms with Gasteiger partial charge in [-0.15, -0.1) is 0 Å². The lowest BCUT2D eigenvalue weighted by atomic mass is 10.1. The third-order valence-corrected chi connectivity index (χ3v) is 2.23. The highest BCUT2D eigenvalue weighted by molar-refractivity contribution is 5.51. The Bertz CT molecular complexity index is 380. The Hall–Kier alpha value is -1.53. The van der Waals surface area contributed by atoms with E-state index in [0.29, 0.717) is 6.61 Å². The van der Waals surface area contributed by atoms with Crippen LogP contribution in [0.4, 0.5) is 5.69 Å². The van der Waals surface area contributed by atoms with Crippen molar-refractivity contribution < 1.29 is 4.74 Å². The molecular weight excluding hydrogens is 200 g/mol. The normalized spacial score (nSPS) is 10.2. The van der Waals surface area contributed by atoms with Gasteiger partial charge in [0.25, 0.3) is 0 Å². The van der Waals surface area contributed by atoms with E-state index in [0.717, 1.165) is 23.4 Å². The Labute approximate surface area is 97.0 Å². The maximum Gasteiger partial charge on any atom is 0.0994 e. The minimum atomic E-state index is 0.268. The zero-order chi connectivity index (χ0) is 12.0. The second kappa shape index (κ2) is 6.14. The van der Waals surface area contributed by atoms with E-state index in [1.54, 1.807) is 0 Å². The van der Waals surface area contributed by atoms with Gasteiger partial charge in [0.05, 0.1) is 24.3 Å². The topological polar surface area (TPSA) is 45.0 Å². The number of anilines is 1. The maximum absolute atomic E-state index is 8.79. The molecule has 1 rings (SSSR count). The molecule has 86 valence electrons. The molecule has 0 spiro atoms. The van der Waals surface area contributed by atoms with Gasteiger partial charge in [-0.3, -0.25) is 0 Å². The zero-order valence-electron chi connectivity index (χ0n) is 10.1. The molecule has 0 saturated carbocycles. The van der Waals surface area contributed by atoms with E-state index in [4.69, 9.17) is 10.00 Å². The maximum atomic E-state index is 8.79. The van der Waals surface area contributed by atoms with E-state index < -0.39 is 0 Å². The first-order valence-corrected chi connectivity index (χ1v) is 5.49. The summed E-state index contributed by atoms with van der Waals surface area (Å²) < 4.78 is 5.42. The summed E-state index contributed by atoms with van der Waals surface area (Å²) in [6.45, 7) is 7.45. The Morgan fingerprint density at radius 2 is 2.19 bits per heavy atom. The summed E-state index contributed by atoms with van der Waals surface area (Å²) in [6, 6.07) is 7.88. The van der Waals surface area contributed by atoms with E-state index >= 15 is 0 Å². The van der Waals surface area contributed by atoms with Crippen LogP contribution in [-0.2, 0) is 4.74 Å². The molecule has 0 radical (unpaired) electrons. The number of nitrogens with one attached hydrogen (secondary N) is 1. The van der Waals surface area contributed by atoms with Crippen LogP contribution in [-0.4, -0.2) is 19.3 Å². The van der Waals surface area contributed by atoms with Crippen LogP contribution >= 0.6 is 0 Å². The largest absolute Gasteiger partial charge is 0.383 e. The molecule has 16 heavy (non-hydrogen) atoms. The van der Waals surface area contributed by atoms with Crippen LogP contribution < -0.4 is 5.32 Å². The van der Waals surface area contributed by atoms with Crippen molar-refractivity contribution in [1.82, 2.24) is 0 Å². The highest BCUT2D eigenvalue weighted by atomic mass is 16.5. The van der Waals surface area contributed by atoms with Crippen molar-refractivity contribution in [2.24, 2.45) is 0 Å². The lowest BCUT2D eigenvalue weighted by molar-refractivity contribution is 0.0870. The molecule has 0 amide bonds. The number of rotatable bonds is 5. The smallest absolute Gasteiger partial charge is 0.0994 e. The monoisotopic (exact) mass is 218 g/mol. The van der Waals surface area contributed by atoms with Crippen molar-refractivity contribution in [3.63, 3.8) is 0 Å². The molecule has 0 aliphatic rings. The van der Waals surface area contributed by atoms with E-state index in [9.17, 15) is 0 Å². The first-order chi connectivity index (χ1) is 7.63. The summed E-state index contributed by atoms with van der Waals surface area (Å²) >= 11 is 0. The summed E-state index contributed by atoms with van der Waals surface area (Å²) in [5, 5.41) is 12.1. The fraction of sp³-hybridized carbons (Fsp3) is 0.462. The first kappa shape index (κ1) is 12.5. The molecule has 0 bridgehead atoms. The molecule has 1 N–H and O–H groups in total. The van der Waals surface area contributed by atoms with E-state index in [1.807, 2.05) is 39.0 Å². The van der Waals surface area contributed by atoms with Gasteiger partial charge < -0.3 is 10.1 Å². The fourth-order valence-electron chi connectivity index (χ4n) is 1.39. The highest BCUT2D eigenvalue weighted by Gasteiger charge is 1.98. The second-order valence-electron chi connectivity index (χ2n) is 3.99. The minimum absolute atomic E-state index is 0.268. The van der Waals surface area contributed by atoms with Crippen molar-refractivity contribution in [3.8, 4) is 6.07 Å². The molecule has 3 heteroatoms. The zero-order valence-corrected chi connectivity index (χ0v) is 10.1. The fourth-order valence-corrected chi connectivity index (χ4v) is 1.39. The molecule has 0 heterocycles. The van der Waals surface area contributed by atoms with Crippen LogP contribution in [0.5, 0.6) is 0 Å². The molecule has 0 unspecified atom stereocenters. The molecule has 1 aromatic carbocycles. The summed E-state index contributed by atoms with van der Waals surface area (Å²) in [4.78, 5) is 0. The number of benzene rings is 1. The molecule has 1 aromatic rings. The average Bonchev–Trinajstić information content (AvgIpc) is 2.24. The van der Waals surface area contributed by atoms with Crippen LogP contribution in [0.2, 0.25) is 0 Å². The van der Waals surface area contributed by atoms with E-state index in [2.05, 4.69) is 11.4 Å². The Morgan fingerprint density at radius 1 is 1.44 bits per heavy atom. The lowest BCUT2D eigenvalue weighted by Crippen LogP contribution is -2.13. The molecule has 0 aliphatic heterocycles. The Balaban J connectivity index is 2.44. The molecule has 3 nitrogen and oxygen atoms in total. The van der Waals surface area contributed by atoms with Gasteiger partial charge >= 0.3 is 0 Å². The van der Waals surface area contributed by atoms with Crippen LogP contribution in [0.1, 0.15) is 25.0 Å². The summed E-state index contributed by atoms with van der Waals surface area (Å²) in [5.41, 5.74) is 2.75. The molecule has 0 fully saturated rings. The summed E-state index contributed by atoms with van der Waals surface area (Å²) in [5.74, 6) is 0. The number of hydrogen-bond donors (Lipinski definition) is 1. The number of nitrogens with zero attached hydrogens (tertiary/aromatic N) is 1. The van der Waals surface area contributed by atoms with E-state index in [-0.39, 0.29) is 6.10 Å². The summed E-state index contributed by atoms with van der Waals surface area (Å²) in [6.07, 6.45) is 0.268. The predicted octanol–water partition coefficient (Wildman–Crippen LogP) is 2.70. The number of aryl methyl sites for hydroxylation is 1. The molecule has 0 aromatic heterocycles. The van der Waals surface area contributed by atoms with Gasteiger partial charge in [-0.25, -0.2) is 0 Å². The molecule has 0 aliphatic carbocycles. The Kier molecular flexibility index (Phi) is 4.81. The molecular formula is C13H18N2O. The first-order valence-electron chi connectivity index (χ1n) is 5.49. The standard InChI is InChI=1S/C13H18N2O/c1-10(2)16-7-6-15-13-5-4-12(9-14)11(3)8-13/h4-5,8,10,15H,6-7H2,1-3H3. The van der Waals surface area contributed by atoms with Crippen LogP contribution in [0, 0.1) is 18.3 Å². The Morgan fingerprint density at radius 3 is 2.75 bits per heavy atom. The average molecular weight is 218 g/mol. The van der Waals surface area contributed by atoms with Gasteiger partial charge in [-0.1, -0.05) is 0 Å². The SMILES string of the molecule is Cc1cc(NCCOC(C)C)ccc1C#N. The third-order valence-electron chi connectivity index (χ3n) is 2.23. The van der Waals surface area contributed by atoms with Crippen LogP contribution in [0.3, 0.4) is 0 Å². The predicted molar refractivity (Wildman–Crippen MR) is 65.5 cm³/mol. The minimum Gasteiger partial charge on any atom is -0.383 e. The molecule has 0 atom stereocenters. The number of ether oxygens (including phenoxy) is 1. The van der Waals surface area contributed by atoms with Crippen LogP contribution in [0.25, 0.3) is 0 Å². The lowest BCUT2D eigenvalue weighted by Gasteiger charge is -2.10. The van der Waals surface area contributed by atoms with Crippen molar-refractivity contribution in [2.45, 2.75) is 26.9 Å². The summed E-state index contributed by atoms with van der Waals surface area (Å²) in [7, 11) is 0. The van der Waals surface area contributed by atoms with Crippen molar-refractivity contribution in [1.29, 1.82) is 5.26 Å². The van der Waals surface area contributed by atoms with Crippen molar-refractivity contribution >= 4 is 5.69 Å². The molecule has 0 saturated heterocycles. The van der Waals surface area contributed by atoms with Gasteiger partial charge in [0.2, 0.25) is 0 Å². The number of nitriles is 1. The second-order valence-corrected chi connectivity index (χ2v) is 3.99. The van der Waals surface area contributed by atoms with Gasteiger partial charge in [-0.05, 0) is 44.5 Å². The number of hydrogen-bond acceptors (Lipinski definition) is 3. The van der Waals surface area contributed by atoms with Crippen LogP contribution in [0.15, 0.2) is 18.2 Å². The van der Waals surface area contributed by atoms with Gasteiger partial charge in [0, 0.05) is 12.2 Å². The van der Waals surface area contributed by atoms with Crippen molar-refractivity contribution in [3.05, 3.63) is 29.3 Å². The van der Waals surface area contributed by atoms with Gasteiger partial charge in [0.1, 0.15) is 0 Å². The van der Waals surface area contributed by atoms with E-state index in [1.165, 1.54) is 0 Å². The van der Waals surface area contributed by atoms with Gasteiger partial charge in [0.15, 0.2) is 0 Å². The third kappa shape index (κ3) is 3.92.